The molecule has 0 saturated heterocycles. The molecule has 0 aromatic carbocycles. The smallest absolute Gasteiger partial charge is 0.155 e. The van der Waals surface area contributed by atoms with Gasteiger partial charge < -0.3 is 0 Å². The highest BCUT2D eigenvalue weighted by Crippen LogP contribution is 2.67. The predicted molar refractivity (Wildman–Crippen MR) is 62.5 cm³/mol. The van der Waals surface area contributed by atoms with Gasteiger partial charge in [-0.1, -0.05) is 13.3 Å². The molecule has 0 aromatic heterocycles. The Hall–Kier alpha value is -0.0500. The van der Waals surface area contributed by atoms with E-state index in [0.717, 1.165) is 0 Å². The Labute approximate surface area is 93.4 Å². The molecule has 2 atom stereocenters. The van der Waals surface area contributed by atoms with Gasteiger partial charge in [-0.3, -0.25) is 0 Å². The fraction of sp³-hybridized carbons (Fsp3) is 1.00. The zero-order valence-electron chi connectivity index (χ0n) is 10.2. The summed E-state index contributed by atoms with van der Waals surface area (Å²) in [6.07, 6.45) is 3.81. The van der Waals surface area contributed by atoms with Crippen molar-refractivity contribution in [1.82, 2.24) is 0 Å². The lowest BCUT2D eigenvalue weighted by Gasteiger charge is -2.23. The molecule has 0 aromatic rings. The highest BCUT2D eigenvalue weighted by molar-refractivity contribution is 7.92. The summed E-state index contributed by atoms with van der Waals surface area (Å²) in [4.78, 5) is 0. The standard InChI is InChI=1S/C12H22O2S/c1-11(2,3)15(13,14)8-12(4)9-6-5-7-10(9)12/h9-10H,5-8H2,1-4H3. The molecule has 15 heavy (non-hydrogen) atoms. The molecule has 2 aliphatic rings. The molecular formula is C12H22O2S. The molecule has 0 amide bonds. The predicted octanol–water partition coefficient (Wildman–Crippen LogP) is 2.64. The summed E-state index contributed by atoms with van der Waals surface area (Å²) in [5, 5.41) is 0. The van der Waals surface area contributed by atoms with Gasteiger partial charge in [0.2, 0.25) is 0 Å². The third kappa shape index (κ3) is 1.63. The van der Waals surface area contributed by atoms with Crippen LogP contribution >= 0.6 is 0 Å². The first-order valence-electron chi connectivity index (χ1n) is 5.91. The minimum atomic E-state index is -2.93. The maximum absolute atomic E-state index is 12.1. The maximum atomic E-state index is 12.1. The van der Waals surface area contributed by atoms with E-state index in [0.29, 0.717) is 17.6 Å². The molecule has 88 valence electrons. The Bertz CT molecular complexity index is 352. The quantitative estimate of drug-likeness (QED) is 0.731. The second kappa shape index (κ2) is 2.99. The third-order valence-electron chi connectivity index (χ3n) is 4.53. The topological polar surface area (TPSA) is 34.1 Å². The molecule has 2 saturated carbocycles. The van der Waals surface area contributed by atoms with E-state index in [2.05, 4.69) is 6.92 Å². The van der Waals surface area contributed by atoms with Crippen molar-refractivity contribution in [3.63, 3.8) is 0 Å². The normalized spacial score (nSPS) is 40.3. The Morgan fingerprint density at radius 1 is 1.20 bits per heavy atom. The molecule has 0 bridgehead atoms. The van der Waals surface area contributed by atoms with E-state index in [1.165, 1.54) is 19.3 Å². The number of sulfone groups is 1. The van der Waals surface area contributed by atoms with Crippen LogP contribution in [-0.4, -0.2) is 18.9 Å². The Morgan fingerprint density at radius 3 is 2.07 bits per heavy atom. The minimum Gasteiger partial charge on any atom is -0.228 e. The highest BCUT2D eigenvalue weighted by atomic mass is 32.2. The summed E-state index contributed by atoms with van der Waals surface area (Å²) in [5.74, 6) is 1.81. The summed E-state index contributed by atoms with van der Waals surface area (Å²) in [6.45, 7) is 7.60. The summed E-state index contributed by atoms with van der Waals surface area (Å²) < 4.78 is 23.7. The van der Waals surface area contributed by atoms with Crippen LogP contribution in [-0.2, 0) is 9.84 Å². The second-order valence-electron chi connectivity index (χ2n) is 6.52. The molecule has 3 heteroatoms. The summed E-state index contributed by atoms with van der Waals surface area (Å²) in [6, 6.07) is 0. The Morgan fingerprint density at radius 2 is 1.67 bits per heavy atom. The first-order valence-corrected chi connectivity index (χ1v) is 7.56. The van der Waals surface area contributed by atoms with Crippen molar-refractivity contribution in [3.05, 3.63) is 0 Å². The van der Waals surface area contributed by atoms with Gasteiger partial charge in [-0.25, -0.2) is 8.42 Å². The molecule has 2 aliphatic carbocycles. The van der Waals surface area contributed by atoms with Crippen molar-refractivity contribution in [2.24, 2.45) is 17.3 Å². The van der Waals surface area contributed by atoms with Crippen LogP contribution in [0.25, 0.3) is 0 Å². The average Bonchev–Trinajstić information content (AvgIpc) is 2.47. The van der Waals surface area contributed by atoms with E-state index in [-0.39, 0.29) is 5.41 Å². The average molecular weight is 230 g/mol. The number of hydrogen-bond acceptors (Lipinski definition) is 2. The van der Waals surface area contributed by atoms with Gasteiger partial charge in [-0.05, 0) is 50.9 Å². The first kappa shape index (κ1) is 11.4. The number of rotatable bonds is 2. The molecule has 2 unspecified atom stereocenters. The van der Waals surface area contributed by atoms with Gasteiger partial charge in [0.05, 0.1) is 10.5 Å². The van der Waals surface area contributed by atoms with Crippen molar-refractivity contribution in [2.75, 3.05) is 5.75 Å². The molecule has 0 aliphatic heterocycles. The van der Waals surface area contributed by atoms with Gasteiger partial charge in [-0.15, -0.1) is 0 Å². The van der Waals surface area contributed by atoms with Crippen molar-refractivity contribution in [3.8, 4) is 0 Å². The monoisotopic (exact) mass is 230 g/mol. The number of hydrogen-bond donors (Lipinski definition) is 0. The summed E-state index contributed by atoms with van der Waals surface area (Å²) >= 11 is 0. The van der Waals surface area contributed by atoms with Gasteiger partial charge in [0.15, 0.2) is 9.84 Å². The minimum absolute atomic E-state index is 0.115. The summed E-state index contributed by atoms with van der Waals surface area (Å²) in [5.41, 5.74) is 0.115. The lowest BCUT2D eigenvalue weighted by molar-refractivity contribution is 0.452. The van der Waals surface area contributed by atoms with Crippen molar-refractivity contribution < 1.29 is 8.42 Å². The van der Waals surface area contributed by atoms with E-state index >= 15 is 0 Å². The van der Waals surface area contributed by atoms with E-state index in [9.17, 15) is 8.42 Å². The number of fused-ring (bicyclic) bond motifs is 1. The van der Waals surface area contributed by atoms with Gasteiger partial charge in [0.1, 0.15) is 0 Å². The first-order chi connectivity index (χ1) is 6.68. The van der Waals surface area contributed by atoms with Crippen molar-refractivity contribution in [1.29, 1.82) is 0 Å². The second-order valence-corrected chi connectivity index (χ2v) is 9.26. The van der Waals surface area contributed by atoms with Crippen LogP contribution in [0.4, 0.5) is 0 Å². The SMILES string of the molecule is CC1(CS(=O)(=O)C(C)(C)C)C2CCCC21. The fourth-order valence-corrected chi connectivity index (χ4v) is 4.90. The molecule has 2 rings (SSSR count). The lowest BCUT2D eigenvalue weighted by atomic mass is 10.0. The highest BCUT2D eigenvalue weighted by Gasteiger charge is 2.64. The van der Waals surface area contributed by atoms with Crippen LogP contribution in [0.2, 0.25) is 0 Å². The van der Waals surface area contributed by atoms with Gasteiger partial charge >= 0.3 is 0 Å². The molecule has 0 heterocycles. The molecular weight excluding hydrogens is 208 g/mol. The molecule has 2 nitrogen and oxygen atoms in total. The summed E-state index contributed by atoms with van der Waals surface area (Å²) in [7, 11) is -2.93. The van der Waals surface area contributed by atoms with Gasteiger partial charge in [-0.2, -0.15) is 0 Å². The molecule has 0 radical (unpaired) electrons. The molecule has 0 N–H and O–H groups in total. The third-order valence-corrected chi connectivity index (χ3v) is 7.40. The van der Waals surface area contributed by atoms with E-state index in [1.54, 1.807) is 0 Å². The Balaban J connectivity index is 2.12. The van der Waals surface area contributed by atoms with Crippen LogP contribution in [0, 0.1) is 17.3 Å². The maximum Gasteiger partial charge on any atom is 0.155 e. The van der Waals surface area contributed by atoms with Crippen LogP contribution in [0.1, 0.15) is 47.0 Å². The van der Waals surface area contributed by atoms with E-state index < -0.39 is 14.6 Å². The van der Waals surface area contributed by atoms with E-state index in [4.69, 9.17) is 0 Å². The van der Waals surface area contributed by atoms with Crippen LogP contribution < -0.4 is 0 Å². The van der Waals surface area contributed by atoms with Crippen molar-refractivity contribution in [2.45, 2.75) is 51.7 Å². The van der Waals surface area contributed by atoms with E-state index in [1.807, 2.05) is 20.8 Å². The zero-order valence-corrected chi connectivity index (χ0v) is 11.0. The van der Waals surface area contributed by atoms with Gasteiger partial charge in [0, 0.05) is 0 Å². The van der Waals surface area contributed by atoms with Crippen molar-refractivity contribution >= 4 is 9.84 Å². The molecule has 0 spiro atoms. The largest absolute Gasteiger partial charge is 0.228 e. The fourth-order valence-electron chi connectivity index (χ4n) is 3.22. The van der Waals surface area contributed by atoms with Crippen LogP contribution in [0.15, 0.2) is 0 Å². The van der Waals surface area contributed by atoms with Crippen LogP contribution in [0.3, 0.4) is 0 Å². The molecule has 2 fully saturated rings. The van der Waals surface area contributed by atoms with Gasteiger partial charge in [0.25, 0.3) is 0 Å². The zero-order chi connectivity index (χ0) is 11.5. The lowest BCUT2D eigenvalue weighted by Crippen LogP contribution is -2.34. The van der Waals surface area contributed by atoms with Crippen LogP contribution in [0.5, 0.6) is 0 Å². The Kier molecular flexibility index (Phi) is 2.28.